The number of benzene rings is 1. The zero-order valence-electron chi connectivity index (χ0n) is 15.2. The van der Waals surface area contributed by atoms with Crippen molar-refractivity contribution < 1.29 is 15.1 Å². The number of carboxylic acids is 1. The van der Waals surface area contributed by atoms with Crippen LogP contribution in [0.3, 0.4) is 0 Å². The summed E-state index contributed by atoms with van der Waals surface area (Å²) in [4.78, 5) is 14.8. The molecule has 4 N–H and O–H groups in total. The molecule has 2 rings (SSSR count). The van der Waals surface area contributed by atoms with Crippen LogP contribution in [0.2, 0.25) is 0 Å². The van der Waals surface area contributed by atoms with Crippen LogP contribution >= 0.6 is 0 Å². The average molecular weight is 347 g/mol. The van der Waals surface area contributed by atoms with Gasteiger partial charge in [0.1, 0.15) is 6.04 Å². The summed E-state index contributed by atoms with van der Waals surface area (Å²) < 4.78 is 0. The topological polar surface area (TPSA) is 88.6 Å². The minimum Gasteiger partial charge on any atom is -0.480 e. The predicted octanol–water partition coefficient (Wildman–Crippen LogP) is 3.57. The van der Waals surface area contributed by atoms with Crippen molar-refractivity contribution >= 4 is 16.9 Å². The Kier molecular flexibility index (Phi) is 6.99. The number of aliphatic carboxylic acids is 1. The van der Waals surface area contributed by atoms with Gasteiger partial charge in [0.15, 0.2) is 0 Å². The van der Waals surface area contributed by atoms with E-state index in [4.69, 9.17) is 0 Å². The molecule has 2 aromatic rings. The van der Waals surface area contributed by atoms with Gasteiger partial charge in [-0.2, -0.15) is 0 Å². The standard InChI is InChI=1S/C19H29N3O3/c1-13(2)7-6-8-14(3)22(25)21-18(19(23)24)11-15-12-20-17-10-5-4-9-16(15)17/h4-5,9-10,12-14,18,20-21,25H,6-8,11H2,1-3H3,(H,23,24)/t14?,18-/m0/s1. The van der Waals surface area contributed by atoms with Crippen molar-refractivity contribution in [2.24, 2.45) is 5.92 Å². The number of carbonyl (C=O) groups is 1. The first-order valence-corrected chi connectivity index (χ1v) is 8.90. The molecule has 6 heteroatoms. The first kappa shape index (κ1) is 19.4. The molecular weight excluding hydrogens is 318 g/mol. The number of carboxylic acid groups (broad SMARTS) is 1. The maximum Gasteiger partial charge on any atom is 0.322 e. The summed E-state index contributed by atoms with van der Waals surface area (Å²) in [5.74, 6) is -0.361. The predicted molar refractivity (Wildman–Crippen MR) is 98.3 cm³/mol. The van der Waals surface area contributed by atoms with E-state index in [0.717, 1.165) is 40.9 Å². The molecule has 2 atom stereocenters. The molecule has 25 heavy (non-hydrogen) atoms. The highest BCUT2D eigenvalue weighted by atomic mass is 16.5. The van der Waals surface area contributed by atoms with Crippen LogP contribution < -0.4 is 5.43 Å². The van der Waals surface area contributed by atoms with E-state index in [-0.39, 0.29) is 12.5 Å². The molecule has 1 unspecified atom stereocenters. The summed E-state index contributed by atoms with van der Waals surface area (Å²) >= 11 is 0. The van der Waals surface area contributed by atoms with Crippen LogP contribution in [0.4, 0.5) is 0 Å². The maximum absolute atomic E-state index is 11.6. The number of rotatable bonds is 10. The number of H-pyrrole nitrogens is 1. The third-order valence-electron chi connectivity index (χ3n) is 4.51. The Balaban J connectivity index is 1.97. The molecule has 1 heterocycles. The lowest BCUT2D eigenvalue weighted by molar-refractivity contribution is -0.183. The molecule has 0 amide bonds. The van der Waals surface area contributed by atoms with E-state index < -0.39 is 12.0 Å². The number of nitrogens with one attached hydrogen (secondary N) is 2. The molecule has 0 spiro atoms. The number of hydroxylamine groups is 1. The average Bonchev–Trinajstić information content (AvgIpc) is 2.96. The quantitative estimate of drug-likeness (QED) is 0.493. The SMILES string of the molecule is CC(C)CCCC(C)N(O)N[C@@H](Cc1c[nH]c2ccccc12)C(=O)O. The molecule has 138 valence electrons. The smallest absolute Gasteiger partial charge is 0.322 e. The first-order valence-electron chi connectivity index (χ1n) is 8.90. The Bertz CT molecular complexity index is 683. The maximum atomic E-state index is 11.6. The van der Waals surface area contributed by atoms with Gasteiger partial charge in [-0.3, -0.25) is 10.0 Å². The van der Waals surface area contributed by atoms with Gasteiger partial charge in [0.05, 0.1) is 0 Å². The van der Waals surface area contributed by atoms with E-state index in [9.17, 15) is 15.1 Å². The molecule has 1 aromatic carbocycles. The zero-order chi connectivity index (χ0) is 18.4. The third-order valence-corrected chi connectivity index (χ3v) is 4.51. The van der Waals surface area contributed by atoms with Crippen molar-refractivity contribution in [3.8, 4) is 0 Å². The fraction of sp³-hybridized carbons (Fsp3) is 0.526. The van der Waals surface area contributed by atoms with E-state index in [1.54, 1.807) is 0 Å². The van der Waals surface area contributed by atoms with Crippen molar-refractivity contribution in [2.75, 3.05) is 0 Å². The molecule has 0 bridgehead atoms. The highest BCUT2D eigenvalue weighted by molar-refractivity contribution is 5.84. The molecule has 0 fully saturated rings. The molecule has 0 aliphatic rings. The van der Waals surface area contributed by atoms with Crippen molar-refractivity contribution in [2.45, 2.75) is 58.5 Å². The summed E-state index contributed by atoms with van der Waals surface area (Å²) in [5, 5.41) is 21.7. The summed E-state index contributed by atoms with van der Waals surface area (Å²) in [7, 11) is 0. The number of hydrogen-bond donors (Lipinski definition) is 4. The Labute approximate surface area is 148 Å². The number of fused-ring (bicyclic) bond motifs is 1. The Morgan fingerprint density at radius 1 is 1.24 bits per heavy atom. The summed E-state index contributed by atoms with van der Waals surface area (Å²) in [5.41, 5.74) is 4.62. The van der Waals surface area contributed by atoms with Gasteiger partial charge in [-0.05, 0) is 30.9 Å². The van der Waals surface area contributed by atoms with Crippen LogP contribution in [0, 0.1) is 5.92 Å². The van der Waals surface area contributed by atoms with E-state index in [1.165, 1.54) is 0 Å². The Hall–Kier alpha value is -1.89. The fourth-order valence-corrected chi connectivity index (χ4v) is 2.94. The van der Waals surface area contributed by atoms with Gasteiger partial charge in [-0.1, -0.05) is 44.9 Å². The molecular formula is C19H29N3O3. The van der Waals surface area contributed by atoms with Crippen molar-refractivity contribution in [1.29, 1.82) is 0 Å². The van der Waals surface area contributed by atoms with E-state index in [0.29, 0.717) is 5.92 Å². The van der Waals surface area contributed by atoms with Gasteiger partial charge < -0.3 is 10.1 Å². The minimum absolute atomic E-state index is 0.149. The van der Waals surface area contributed by atoms with Gasteiger partial charge >= 0.3 is 5.97 Å². The van der Waals surface area contributed by atoms with Gasteiger partial charge in [0.25, 0.3) is 0 Å². The molecule has 0 saturated carbocycles. The van der Waals surface area contributed by atoms with Crippen molar-refractivity contribution in [3.63, 3.8) is 0 Å². The number of hydrogen-bond acceptors (Lipinski definition) is 4. The van der Waals surface area contributed by atoms with Crippen LogP contribution in [0.1, 0.15) is 45.6 Å². The summed E-state index contributed by atoms with van der Waals surface area (Å²) in [6.07, 6.45) is 5.01. The van der Waals surface area contributed by atoms with Crippen LogP contribution in [0.15, 0.2) is 30.5 Å². The van der Waals surface area contributed by atoms with E-state index in [1.807, 2.05) is 37.4 Å². The highest BCUT2D eigenvalue weighted by Gasteiger charge is 2.23. The van der Waals surface area contributed by atoms with Gasteiger partial charge in [-0.15, -0.1) is 5.17 Å². The second-order valence-electron chi connectivity index (χ2n) is 7.10. The Morgan fingerprint density at radius 3 is 2.64 bits per heavy atom. The highest BCUT2D eigenvalue weighted by Crippen LogP contribution is 2.19. The lowest BCUT2D eigenvalue weighted by Gasteiger charge is -2.26. The van der Waals surface area contributed by atoms with Crippen LogP contribution in [0.5, 0.6) is 0 Å². The van der Waals surface area contributed by atoms with Gasteiger partial charge in [0, 0.05) is 29.6 Å². The van der Waals surface area contributed by atoms with Crippen molar-refractivity contribution in [3.05, 3.63) is 36.0 Å². The lowest BCUT2D eigenvalue weighted by Crippen LogP contribution is -2.51. The van der Waals surface area contributed by atoms with E-state index >= 15 is 0 Å². The van der Waals surface area contributed by atoms with E-state index in [2.05, 4.69) is 24.3 Å². The third kappa shape index (κ3) is 5.56. The van der Waals surface area contributed by atoms with Crippen LogP contribution in [-0.4, -0.2) is 38.5 Å². The lowest BCUT2D eigenvalue weighted by atomic mass is 10.0. The molecule has 0 saturated heterocycles. The number of para-hydroxylation sites is 1. The zero-order valence-corrected chi connectivity index (χ0v) is 15.2. The minimum atomic E-state index is -0.987. The monoisotopic (exact) mass is 347 g/mol. The van der Waals surface area contributed by atoms with Crippen molar-refractivity contribution in [1.82, 2.24) is 15.6 Å². The molecule has 0 aliphatic carbocycles. The summed E-state index contributed by atoms with van der Waals surface area (Å²) in [6, 6.07) is 6.74. The second-order valence-corrected chi connectivity index (χ2v) is 7.10. The largest absolute Gasteiger partial charge is 0.480 e. The second kappa shape index (κ2) is 8.99. The normalized spacial score (nSPS) is 14.3. The number of nitrogens with zero attached hydrogens (tertiary/aromatic N) is 1. The fourth-order valence-electron chi connectivity index (χ4n) is 2.94. The molecule has 6 nitrogen and oxygen atoms in total. The molecule has 0 radical (unpaired) electrons. The first-order chi connectivity index (χ1) is 11.9. The number of aromatic amines is 1. The number of aromatic nitrogens is 1. The van der Waals surface area contributed by atoms with Gasteiger partial charge in [-0.25, -0.2) is 5.43 Å². The number of hydrazine groups is 1. The molecule has 0 aliphatic heterocycles. The van der Waals surface area contributed by atoms with Gasteiger partial charge in [0.2, 0.25) is 0 Å². The van der Waals surface area contributed by atoms with Crippen LogP contribution in [-0.2, 0) is 11.2 Å². The summed E-state index contributed by atoms with van der Waals surface area (Å²) in [6.45, 7) is 6.22. The molecule has 1 aromatic heterocycles. The Morgan fingerprint density at radius 2 is 1.96 bits per heavy atom. The van der Waals surface area contributed by atoms with Crippen LogP contribution in [0.25, 0.3) is 10.9 Å².